The molecule has 0 spiro atoms. The quantitative estimate of drug-likeness (QED) is 0.696. The van der Waals surface area contributed by atoms with Gasteiger partial charge in [0.1, 0.15) is 12.5 Å². The molecule has 3 N–H and O–H groups in total. The number of hydrogen-bond donors (Lipinski definition) is 3. The molecule has 0 radical (unpaired) electrons. The molecule has 0 saturated heterocycles. The second-order valence-corrected chi connectivity index (χ2v) is 5.80. The van der Waals surface area contributed by atoms with E-state index in [1.807, 2.05) is 0 Å². The van der Waals surface area contributed by atoms with E-state index in [2.05, 4.69) is 21.2 Å². The highest BCUT2D eigenvalue weighted by Crippen LogP contribution is 2.33. The van der Waals surface area contributed by atoms with Crippen LogP contribution in [0.25, 0.3) is 0 Å². The fraction of sp³-hybridized carbons (Fsp3) is 0.267. The molecule has 138 valence electrons. The molecule has 0 aliphatic carbocycles. The second-order valence-electron chi connectivity index (χ2n) is 5.39. The third-order valence-electron chi connectivity index (χ3n) is 3.41. The van der Waals surface area contributed by atoms with Crippen molar-refractivity contribution < 1.29 is 14.3 Å². The summed E-state index contributed by atoms with van der Waals surface area (Å²) in [5.41, 5.74) is 7.38. The van der Waals surface area contributed by atoms with Crippen LogP contribution in [0.4, 0.5) is 27.8 Å². The molecule has 26 heavy (non-hydrogen) atoms. The van der Waals surface area contributed by atoms with Crippen LogP contribution >= 0.6 is 11.8 Å². The predicted molar refractivity (Wildman–Crippen MR) is 97.7 cm³/mol. The number of rotatable bonds is 4. The Morgan fingerprint density at radius 3 is 2.96 bits per heavy atom. The van der Waals surface area contributed by atoms with E-state index in [1.54, 1.807) is 42.5 Å². The lowest BCUT2D eigenvalue weighted by molar-refractivity contribution is -0.114. The number of fused-ring (bicyclic) bond motifs is 1. The van der Waals surface area contributed by atoms with Gasteiger partial charge in [-0.05, 0) is 19.1 Å². The van der Waals surface area contributed by atoms with E-state index < -0.39 is 6.09 Å². The lowest BCUT2D eigenvalue weighted by Crippen LogP contribution is -2.45. The average Bonchev–Trinajstić information content (AvgIpc) is 2.98. The summed E-state index contributed by atoms with van der Waals surface area (Å²) in [4.78, 5) is 27.5. The molecule has 0 unspecified atom stereocenters. The van der Waals surface area contributed by atoms with Gasteiger partial charge < -0.3 is 10.1 Å². The van der Waals surface area contributed by atoms with E-state index in [-0.39, 0.29) is 19.2 Å². The third-order valence-corrected chi connectivity index (χ3v) is 3.61. The van der Waals surface area contributed by atoms with Gasteiger partial charge in [0.15, 0.2) is 5.82 Å². The van der Waals surface area contributed by atoms with Crippen LogP contribution in [0.15, 0.2) is 30.6 Å². The molecule has 2 aromatic rings. The number of hydrogen-bond acceptors (Lipinski definition) is 8. The molecular formula is C15H18ClN7O3. The molecule has 2 aromatic heterocycles. The van der Waals surface area contributed by atoms with Crippen molar-refractivity contribution in [3.8, 4) is 0 Å². The lowest BCUT2D eigenvalue weighted by atomic mass is 10.4. The standard InChI is InChI=1S/C15H18ClN7O3/c1-3-26-15(25)21-7-5-12-14(21)22(9-23(16)20-12)19-11-4-6-17-13(8-11)18-10(2)24/h4-8,20H,3,9H2,1-2H3,(H2,17,18,19,24). The zero-order chi connectivity index (χ0) is 18.7. The Kier molecular flexibility index (Phi) is 5.14. The van der Waals surface area contributed by atoms with Crippen molar-refractivity contribution in [1.82, 2.24) is 14.1 Å². The summed E-state index contributed by atoms with van der Waals surface area (Å²) in [5.74, 6) is 0.724. The molecular weight excluding hydrogens is 362 g/mol. The SMILES string of the molecule is CCOC(=O)n1ccc2c1N(Nc1ccnc(NC(C)=O)c1)CN(Cl)N2. The highest BCUT2D eigenvalue weighted by Gasteiger charge is 2.28. The molecule has 0 aromatic carbocycles. The van der Waals surface area contributed by atoms with E-state index in [9.17, 15) is 9.59 Å². The Morgan fingerprint density at radius 1 is 1.42 bits per heavy atom. The average molecular weight is 380 g/mol. The van der Waals surface area contributed by atoms with Gasteiger partial charge in [0, 0.05) is 37.2 Å². The minimum absolute atomic E-state index is 0.218. The number of nitrogens with zero attached hydrogens (tertiary/aromatic N) is 4. The second kappa shape index (κ2) is 7.50. The summed E-state index contributed by atoms with van der Waals surface area (Å²) in [6, 6.07) is 5.10. The van der Waals surface area contributed by atoms with Gasteiger partial charge in [-0.3, -0.25) is 20.7 Å². The minimum atomic E-state index is -0.501. The van der Waals surface area contributed by atoms with Gasteiger partial charge in [0.05, 0.1) is 18.0 Å². The number of carbonyl (C=O) groups excluding carboxylic acids is 2. The Balaban J connectivity index is 1.88. The minimum Gasteiger partial charge on any atom is -0.449 e. The highest BCUT2D eigenvalue weighted by molar-refractivity contribution is 6.14. The van der Waals surface area contributed by atoms with Crippen molar-refractivity contribution in [3.63, 3.8) is 0 Å². The van der Waals surface area contributed by atoms with Crippen molar-refractivity contribution in [1.29, 1.82) is 0 Å². The third kappa shape index (κ3) is 3.81. The molecule has 10 nitrogen and oxygen atoms in total. The summed E-state index contributed by atoms with van der Waals surface area (Å²) < 4.78 is 7.79. The Hall–Kier alpha value is -2.98. The molecule has 3 rings (SSSR count). The van der Waals surface area contributed by atoms with Gasteiger partial charge in [0.2, 0.25) is 5.91 Å². The fourth-order valence-corrected chi connectivity index (χ4v) is 2.68. The summed E-state index contributed by atoms with van der Waals surface area (Å²) in [7, 11) is 0. The summed E-state index contributed by atoms with van der Waals surface area (Å²) in [5, 5.41) is 4.28. The fourth-order valence-electron chi connectivity index (χ4n) is 2.48. The van der Waals surface area contributed by atoms with E-state index in [0.717, 1.165) is 0 Å². The molecule has 0 bridgehead atoms. The first kappa shape index (κ1) is 17.8. The molecule has 11 heteroatoms. The summed E-state index contributed by atoms with van der Waals surface area (Å²) >= 11 is 6.10. The first-order valence-electron chi connectivity index (χ1n) is 7.84. The summed E-state index contributed by atoms with van der Waals surface area (Å²) in [6.45, 7) is 3.62. The molecule has 1 aliphatic rings. The van der Waals surface area contributed by atoms with Crippen LogP contribution in [-0.2, 0) is 9.53 Å². The number of ether oxygens (including phenoxy) is 1. The number of anilines is 4. The van der Waals surface area contributed by atoms with E-state index >= 15 is 0 Å². The normalized spacial score (nSPS) is 13.6. The van der Waals surface area contributed by atoms with Gasteiger partial charge >= 0.3 is 6.09 Å². The number of amides is 1. The van der Waals surface area contributed by atoms with Crippen molar-refractivity contribution >= 4 is 46.8 Å². The Morgan fingerprint density at radius 2 is 2.23 bits per heavy atom. The maximum absolute atomic E-state index is 12.2. The first-order chi connectivity index (χ1) is 12.5. The lowest BCUT2D eigenvalue weighted by Gasteiger charge is -2.35. The zero-order valence-corrected chi connectivity index (χ0v) is 14.9. The van der Waals surface area contributed by atoms with Crippen molar-refractivity contribution in [3.05, 3.63) is 30.6 Å². The summed E-state index contributed by atoms with van der Waals surface area (Å²) in [6.07, 6.45) is 2.65. The number of hydrazine groups is 2. The molecule has 0 saturated carbocycles. The monoisotopic (exact) mass is 379 g/mol. The zero-order valence-electron chi connectivity index (χ0n) is 14.2. The topological polar surface area (TPSA) is 104 Å². The first-order valence-corrected chi connectivity index (χ1v) is 8.18. The Bertz CT molecular complexity index is 825. The van der Waals surface area contributed by atoms with E-state index in [0.29, 0.717) is 23.0 Å². The van der Waals surface area contributed by atoms with Crippen LogP contribution in [0.3, 0.4) is 0 Å². The largest absolute Gasteiger partial charge is 0.449 e. The smallest absolute Gasteiger partial charge is 0.419 e. The van der Waals surface area contributed by atoms with Crippen molar-refractivity contribution in [2.75, 3.05) is 34.5 Å². The van der Waals surface area contributed by atoms with Crippen LogP contribution in [0.5, 0.6) is 0 Å². The highest BCUT2D eigenvalue weighted by atomic mass is 35.5. The molecule has 3 heterocycles. The van der Waals surface area contributed by atoms with E-state index in [4.69, 9.17) is 16.5 Å². The van der Waals surface area contributed by atoms with Crippen LogP contribution in [-0.4, -0.2) is 39.4 Å². The van der Waals surface area contributed by atoms with Crippen LogP contribution in [0, 0.1) is 0 Å². The maximum atomic E-state index is 12.2. The van der Waals surface area contributed by atoms with E-state index in [1.165, 1.54) is 16.0 Å². The predicted octanol–water partition coefficient (Wildman–Crippen LogP) is 2.43. The number of halogens is 1. The molecule has 0 atom stereocenters. The number of carbonyl (C=O) groups is 2. The van der Waals surface area contributed by atoms with Crippen molar-refractivity contribution in [2.45, 2.75) is 13.8 Å². The van der Waals surface area contributed by atoms with Gasteiger partial charge in [-0.15, -0.1) is 4.53 Å². The maximum Gasteiger partial charge on any atom is 0.419 e. The van der Waals surface area contributed by atoms with Gasteiger partial charge in [-0.1, -0.05) is 0 Å². The van der Waals surface area contributed by atoms with Gasteiger partial charge in [-0.2, -0.15) is 0 Å². The number of aromatic nitrogens is 2. The molecule has 1 amide bonds. The van der Waals surface area contributed by atoms with Crippen LogP contribution in [0.2, 0.25) is 0 Å². The van der Waals surface area contributed by atoms with Gasteiger partial charge in [0.25, 0.3) is 0 Å². The van der Waals surface area contributed by atoms with Crippen molar-refractivity contribution in [2.24, 2.45) is 0 Å². The van der Waals surface area contributed by atoms with Crippen LogP contribution in [0.1, 0.15) is 13.8 Å². The van der Waals surface area contributed by atoms with Gasteiger partial charge in [-0.25, -0.2) is 14.3 Å². The Labute approximate surface area is 154 Å². The molecule has 0 fully saturated rings. The number of pyridine rings is 1. The number of nitrogens with one attached hydrogen (secondary N) is 3. The van der Waals surface area contributed by atoms with Crippen LogP contribution < -0.4 is 21.2 Å². The molecule has 1 aliphatic heterocycles.